The standard InChI is InChI=1S/C19H26N4OS/c1-14-4-2-3-5-16(14)12-23-9-8-15(11-23)10-21-18(24)7-6-17-13-25-19(20)22-17/h2-5,13,15H,6-12H2,1H3,(H2,20,22)(H,21,24)/t15-/m1/s1. The van der Waals surface area contributed by atoms with Crippen molar-refractivity contribution in [3.63, 3.8) is 0 Å². The molecule has 1 aromatic carbocycles. The molecule has 1 aliphatic rings. The van der Waals surface area contributed by atoms with E-state index < -0.39 is 0 Å². The highest BCUT2D eigenvalue weighted by molar-refractivity contribution is 7.13. The largest absolute Gasteiger partial charge is 0.375 e. The lowest BCUT2D eigenvalue weighted by atomic mass is 10.1. The van der Waals surface area contributed by atoms with Gasteiger partial charge in [-0.2, -0.15) is 0 Å². The Hall–Kier alpha value is -1.92. The summed E-state index contributed by atoms with van der Waals surface area (Å²) >= 11 is 1.42. The summed E-state index contributed by atoms with van der Waals surface area (Å²) in [5, 5.41) is 5.56. The summed E-state index contributed by atoms with van der Waals surface area (Å²) < 4.78 is 0. The lowest BCUT2D eigenvalue weighted by Gasteiger charge is -2.17. The zero-order valence-corrected chi connectivity index (χ0v) is 15.5. The van der Waals surface area contributed by atoms with Crippen LogP contribution in [0.3, 0.4) is 0 Å². The van der Waals surface area contributed by atoms with Crippen molar-refractivity contribution < 1.29 is 4.79 Å². The molecule has 134 valence electrons. The lowest BCUT2D eigenvalue weighted by molar-refractivity contribution is -0.121. The molecule has 0 unspecified atom stereocenters. The molecule has 3 N–H and O–H groups in total. The highest BCUT2D eigenvalue weighted by Gasteiger charge is 2.23. The molecule has 1 atom stereocenters. The van der Waals surface area contributed by atoms with Crippen molar-refractivity contribution >= 4 is 22.4 Å². The van der Waals surface area contributed by atoms with Crippen LogP contribution in [0.5, 0.6) is 0 Å². The Morgan fingerprint density at radius 2 is 2.28 bits per heavy atom. The second-order valence-corrected chi connectivity index (χ2v) is 7.69. The third-order valence-electron chi connectivity index (χ3n) is 4.79. The molecule has 1 saturated heterocycles. The molecule has 1 aliphatic heterocycles. The summed E-state index contributed by atoms with van der Waals surface area (Å²) in [6, 6.07) is 8.56. The fourth-order valence-electron chi connectivity index (χ4n) is 3.28. The molecule has 1 amide bonds. The smallest absolute Gasteiger partial charge is 0.220 e. The van der Waals surface area contributed by atoms with Crippen molar-refractivity contribution in [1.82, 2.24) is 15.2 Å². The summed E-state index contributed by atoms with van der Waals surface area (Å²) in [6.45, 7) is 6.09. The summed E-state index contributed by atoms with van der Waals surface area (Å²) in [5.41, 5.74) is 9.26. The molecule has 0 saturated carbocycles. The van der Waals surface area contributed by atoms with Crippen LogP contribution in [-0.4, -0.2) is 35.4 Å². The number of carbonyl (C=O) groups excluding carboxylic acids is 1. The number of nitrogen functional groups attached to an aromatic ring is 1. The maximum Gasteiger partial charge on any atom is 0.220 e. The Balaban J connectivity index is 1.36. The molecule has 1 aromatic heterocycles. The number of nitrogens with one attached hydrogen (secondary N) is 1. The lowest BCUT2D eigenvalue weighted by Crippen LogP contribution is -2.31. The molecule has 2 aromatic rings. The van der Waals surface area contributed by atoms with Crippen LogP contribution in [-0.2, 0) is 17.8 Å². The summed E-state index contributed by atoms with van der Waals surface area (Å²) in [5.74, 6) is 0.645. The molecule has 0 radical (unpaired) electrons. The van der Waals surface area contributed by atoms with Crippen LogP contribution >= 0.6 is 11.3 Å². The van der Waals surface area contributed by atoms with Gasteiger partial charge in [0, 0.05) is 31.4 Å². The van der Waals surface area contributed by atoms with Gasteiger partial charge in [-0.25, -0.2) is 4.98 Å². The van der Waals surface area contributed by atoms with E-state index in [9.17, 15) is 4.79 Å². The number of thiazole rings is 1. The minimum Gasteiger partial charge on any atom is -0.375 e. The van der Waals surface area contributed by atoms with Crippen LogP contribution in [0.15, 0.2) is 29.6 Å². The summed E-state index contributed by atoms with van der Waals surface area (Å²) in [6.07, 6.45) is 2.28. The van der Waals surface area contributed by atoms with E-state index in [4.69, 9.17) is 5.73 Å². The SMILES string of the molecule is Cc1ccccc1CN1CC[C@H](CNC(=O)CCc2csc(N)n2)C1. The van der Waals surface area contributed by atoms with Crippen molar-refractivity contribution in [3.05, 3.63) is 46.5 Å². The Bertz CT molecular complexity index is 715. The van der Waals surface area contributed by atoms with Crippen LogP contribution in [0.2, 0.25) is 0 Å². The number of hydrogen-bond donors (Lipinski definition) is 2. The van der Waals surface area contributed by atoms with E-state index in [-0.39, 0.29) is 5.91 Å². The maximum absolute atomic E-state index is 12.0. The first-order valence-corrected chi connectivity index (χ1v) is 9.71. The van der Waals surface area contributed by atoms with Crippen LogP contribution in [0.4, 0.5) is 5.13 Å². The monoisotopic (exact) mass is 358 g/mol. The number of rotatable bonds is 7. The predicted molar refractivity (Wildman–Crippen MR) is 102 cm³/mol. The number of aryl methyl sites for hydroxylation is 2. The molecular formula is C19H26N4OS. The third-order valence-corrected chi connectivity index (χ3v) is 5.51. The molecule has 25 heavy (non-hydrogen) atoms. The zero-order chi connectivity index (χ0) is 17.6. The molecule has 1 fully saturated rings. The molecule has 0 spiro atoms. The average molecular weight is 359 g/mol. The second kappa shape index (κ2) is 8.45. The Labute approximate surface area is 153 Å². The Morgan fingerprint density at radius 1 is 1.44 bits per heavy atom. The van der Waals surface area contributed by atoms with Gasteiger partial charge in [0.15, 0.2) is 5.13 Å². The number of anilines is 1. The third kappa shape index (κ3) is 5.28. The summed E-state index contributed by atoms with van der Waals surface area (Å²) in [7, 11) is 0. The van der Waals surface area contributed by atoms with Gasteiger partial charge in [-0.05, 0) is 43.4 Å². The van der Waals surface area contributed by atoms with Gasteiger partial charge in [0.2, 0.25) is 5.91 Å². The van der Waals surface area contributed by atoms with E-state index in [0.717, 1.165) is 38.3 Å². The number of benzene rings is 1. The number of nitrogens with two attached hydrogens (primary N) is 1. The number of aromatic nitrogens is 1. The van der Waals surface area contributed by atoms with Crippen LogP contribution in [0.25, 0.3) is 0 Å². The molecule has 5 nitrogen and oxygen atoms in total. The van der Waals surface area contributed by atoms with Crippen molar-refractivity contribution in [2.45, 2.75) is 32.7 Å². The van der Waals surface area contributed by atoms with Crippen LogP contribution < -0.4 is 11.1 Å². The quantitative estimate of drug-likeness (QED) is 0.798. The Morgan fingerprint density at radius 3 is 3.04 bits per heavy atom. The first-order valence-electron chi connectivity index (χ1n) is 8.83. The predicted octanol–water partition coefficient (Wildman–Crippen LogP) is 2.60. The van der Waals surface area contributed by atoms with Gasteiger partial charge in [-0.3, -0.25) is 9.69 Å². The topological polar surface area (TPSA) is 71.2 Å². The molecule has 6 heteroatoms. The van der Waals surface area contributed by atoms with E-state index in [2.05, 4.69) is 46.4 Å². The highest BCUT2D eigenvalue weighted by Crippen LogP contribution is 2.19. The van der Waals surface area contributed by atoms with Crippen molar-refractivity contribution in [3.8, 4) is 0 Å². The van der Waals surface area contributed by atoms with Crippen LogP contribution in [0.1, 0.15) is 29.7 Å². The maximum atomic E-state index is 12.0. The number of amides is 1. The normalized spacial score (nSPS) is 17.7. The Kier molecular flexibility index (Phi) is 6.04. The average Bonchev–Trinajstić information content (AvgIpc) is 3.22. The molecule has 3 rings (SSSR count). The minimum atomic E-state index is 0.101. The van der Waals surface area contributed by atoms with Gasteiger partial charge < -0.3 is 11.1 Å². The van der Waals surface area contributed by atoms with Gasteiger partial charge in [-0.1, -0.05) is 24.3 Å². The number of hydrogen-bond acceptors (Lipinski definition) is 5. The second-order valence-electron chi connectivity index (χ2n) is 6.80. The van der Waals surface area contributed by atoms with Crippen molar-refractivity contribution in [1.29, 1.82) is 0 Å². The zero-order valence-electron chi connectivity index (χ0n) is 14.7. The van der Waals surface area contributed by atoms with Crippen LogP contribution in [0, 0.1) is 12.8 Å². The minimum absolute atomic E-state index is 0.101. The number of nitrogens with zero attached hydrogens (tertiary/aromatic N) is 2. The van der Waals surface area contributed by atoms with Crippen molar-refractivity contribution in [2.24, 2.45) is 5.92 Å². The van der Waals surface area contributed by atoms with E-state index in [1.165, 1.54) is 22.5 Å². The highest BCUT2D eigenvalue weighted by atomic mass is 32.1. The number of carbonyl (C=O) groups is 1. The fourth-order valence-corrected chi connectivity index (χ4v) is 3.87. The first-order chi connectivity index (χ1) is 12.1. The molecule has 2 heterocycles. The van der Waals surface area contributed by atoms with Gasteiger partial charge >= 0.3 is 0 Å². The molecule has 0 aliphatic carbocycles. The van der Waals surface area contributed by atoms with Gasteiger partial charge in [0.05, 0.1) is 5.69 Å². The molecular weight excluding hydrogens is 332 g/mol. The van der Waals surface area contributed by atoms with Crippen molar-refractivity contribution in [2.75, 3.05) is 25.4 Å². The number of likely N-dealkylation sites (tertiary alicyclic amines) is 1. The van der Waals surface area contributed by atoms with E-state index >= 15 is 0 Å². The van der Waals surface area contributed by atoms with E-state index in [0.29, 0.717) is 23.9 Å². The van der Waals surface area contributed by atoms with E-state index in [1.54, 1.807) is 0 Å². The van der Waals surface area contributed by atoms with Gasteiger partial charge in [0.1, 0.15) is 0 Å². The first kappa shape index (κ1) is 17.9. The summed E-state index contributed by atoms with van der Waals surface area (Å²) in [4.78, 5) is 18.7. The van der Waals surface area contributed by atoms with E-state index in [1.807, 2.05) is 5.38 Å². The van der Waals surface area contributed by atoms with Gasteiger partial charge in [0.25, 0.3) is 0 Å². The molecule has 0 bridgehead atoms. The van der Waals surface area contributed by atoms with Gasteiger partial charge in [-0.15, -0.1) is 11.3 Å². The fraction of sp³-hybridized carbons (Fsp3) is 0.474.